The van der Waals surface area contributed by atoms with Gasteiger partial charge in [0.05, 0.1) is 6.10 Å². The summed E-state index contributed by atoms with van der Waals surface area (Å²) in [4.78, 5) is 16.5. The van der Waals surface area contributed by atoms with Crippen LogP contribution in [0.4, 0.5) is 4.39 Å². The van der Waals surface area contributed by atoms with Crippen molar-refractivity contribution in [3.63, 3.8) is 0 Å². The maximum atomic E-state index is 13.3. The smallest absolute Gasteiger partial charge is 0.253 e. The molecule has 4 nitrogen and oxygen atoms in total. The molecule has 1 aromatic carbocycles. The van der Waals surface area contributed by atoms with Crippen LogP contribution in [0.2, 0.25) is 0 Å². The van der Waals surface area contributed by atoms with Gasteiger partial charge in [-0.05, 0) is 37.1 Å². The Kier molecular flexibility index (Phi) is 5.53. The highest BCUT2D eigenvalue weighted by Crippen LogP contribution is 2.17. The van der Waals surface area contributed by atoms with Gasteiger partial charge >= 0.3 is 0 Å². The number of rotatable bonds is 6. The molecule has 1 aromatic rings. The topological polar surface area (TPSA) is 43.8 Å². The van der Waals surface area contributed by atoms with E-state index < -0.39 is 0 Å². The predicted octanol–water partition coefficient (Wildman–Crippen LogP) is 2.05. The molecule has 1 fully saturated rings. The van der Waals surface area contributed by atoms with Crippen molar-refractivity contribution in [3.8, 4) is 0 Å². The van der Waals surface area contributed by atoms with Crippen LogP contribution in [0.15, 0.2) is 18.2 Å². The number of likely N-dealkylation sites (N-methyl/N-ethyl adjacent to an activating group) is 1. The lowest BCUT2D eigenvalue weighted by atomic mass is 10.0. The summed E-state index contributed by atoms with van der Waals surface area (Å²) in [6.07, 6.45) is 1.67. The summed E-state index contributed by atoms with van der Waals surface area (Å²) in [6, 6.07) is 4.59. The molecule has 122 valence electrons. The third-order valence-corrected chi connectivity index (χ3v) is 4.30. The van der Waals surface area contributed by atoms with E-state index in [9.17, 15) is 14.3 Å². The molecule has 0 radical (unpaired) electrons. The number of aryl methyl sites for hydroxylation is 1. The van der Waals surface area contributed by atoms with Crippen molar-refractivity contribution in [2.45, 2.75) is 38.8 Å². The van der Waals surface area contributed by atoms with E-state index in [-0.39, 0.29) is 23.9 Å². The highest BCUT2D eigenvalue weighted by molar-refractivity contribution is 5.94. The Bertz CT molecular complexity index is 529. The first kappa shape index (κ1) is 16.9. The number of hydrogen-bond donors (Lipinski definition) is 1. The van der Waals surface area contributed by atoms with Gasteiger partial charge in [-0.1, -0.05) is 13.3 Å². The highest BCUT2D eigenvalue weighted by atomic mass is 19.1. The number of hydrogen-bond acceptors (Lipinski definition) is 3. The number of benzene rings is 1. The number of amides is 1. The largest absolute Gasteiger partial charge is 0.390 e. The van der Waals surface area contributed by atoms with E-state index in [1.807, 2.05) is 0 Å². The van der Waals surface area contributed by atoms with Gasteiger partial charge in [0.2, 0.25) is 0 Å². The first-order valence-electron chi connectivity index (χ1n) is 7.86. The van der Waals surface area contributed by atoms with E-state index in [1.54, 1.807) is 24.9 Å². The van der Waals surface area contributed by atoms with Crippen molar-refractivity contribution >= 4 is 5.91 Å². The molecule has 1 amide bonds. The Balaban J connectivity index is 2.05. The molecular formula is C17H25FN2O2. The number of carbonyl (C=O) groups excluding carboxylic acids is 1. The van der Waals surface area contributed by atoms with Crippen LogP contribution in [0.25, 0.3) is 0 Å². The number of β-amino-alcohol motifs (C(OH)–C–C–N with tert-alkyl or cyclic N) is 1. The molecule has 1 saturated heterocycles. The van der Waals surface area contributed by atoms with Gasteiger partial charge in [0.1, 0.15) is 5.82 Å². The number of likely N-dealkylation sites (tertiary alicyclic amines) is 1. The van der Waals surface area contributed by atoms with E-state index in [2.05, 4.69) is 11.8 Å². The number of nitrogens with zero attached hydrogens (tertiary/aromatic N) is 2. The van der Waals surface area contributed by atoms with E-state index in [0.29, 0.717) is 24.2 Å². The van der Waals surface area contributed by atoms with Crippen LogP contribution in [0.1, 0.15) is 35.7 Å². The number of aliphatic hydroxyl groups is 1. The average Bonchev–Trinajstić information content (AvgIpc) is 2.46. The Labute approximate surface area is 131 Å². The van der Waals surface area contributed by atoms with Crippen molar-refractivity contribution in [1.29, 1.82) is 0 Å². The van der Waals surface area contributed by atoms with E-state index in [4.69, 9.17) is 0 Å². The van der Waals surface area contributed by atoms with E-state index in [1.165, 1.54) is 12.1 Å². The second-order valence-corrected chi connectivity index (χ2v) is 6.19. The SMILES string of the molecule is CCC[C@@H](CN1CC(O)C1)N(C)C(=O)c1ccc(F)c(C)c1. The summed E-state index contributed by atoms with van der Waals surface area (Å²) in [6.45, 7) is 5.89. The summed E-state index contributed by atoms with van der Waals surface area (Å²) in [5.41, 5.74) is 1.00. The van der Waals surface area contributed by atoms with E-state index >= 15 is 0 Å². The third-order valence-electron chi connectivity index (χ3n) is 4.30. The van der Waals surface area contributed by atoms with Gasteiger partial charge in [0.15, 0.2) is 0 Å². The first-order chi connectivity index (χ1) is 10.4. The molecule has 1 aliphatic rings. The quantitative estimate of drug-likeness (QED) is 0.875. The minimum Gasteiger partial charge on any atom is -0.390 e. The zero-order valence-electron chi connectivity index (χ0n) is 13.6. The van der Waals surface area contributed by atoms with Crippen LogP contribution in [0.3, 0.4) is 0 Å². The van der Waals surface area contributed by atoms with Gasteiger partial charge in [-0.25, -0.2) is 4.39 Å². The highest BCUT2D eigenvalue weighted by Gasteiger charge is 2.29. The summed E-state index contributed by atoms with van der Waals surface area (Å²) in [5.74, 6) is -0.374. The van der Waals surface area contributed by atoms with Crippen LogP contribution in [-0.4, -0.2) is 59.6 Å². The number of halogens is 1. The average molecular weight is 308 g/mol. The van der Waals surface area contributed by atoms with Crippen molar-refractivity contribution in [2.75, 3.05) is 26.7 Å². The maximum Gasteiger partial charge on any atom is 0.253 e. The summed E-state index contributed by atoms with van der Waals surface area (Å²) >= 11 is 0. The fourth-order valence-corrected chi connectivity index (χ4v) is 2.88. The molecule has 1 atom stereocenters. The van der Waals surface area contributed by atoms with Crippen LogP contribution < -0.4 is 0 Å². The second kappa shape index (κ2) is 7.20. The van der Waals surface area contributed by atoms with Crippen LogP contribution >= 0.6 is 0 Å². The van der Waals surface area contributed by atoms with Gasteiger partial charge in [-0.3, -0.25) is 9.69 Å². The number of carbonyl (C=O) groups is 1. The second-order valence-electron chi connectivity index (χ2n) is 6.19. The molecule has 22 heavy (non-hydrogen) atoms. The molecule has 1 N–H and O–H groups in total. The van der Waals surface area contributed by atoms with Crippen molar-refractivity contribution in [3.05, 3.63) is 35.1 Å². The van der Waals surface area contributed by atoms with Crippen molar-refractivity contribution in [2.24, 2.45) is 0 Å². The summed E-state index contributed by atoms with van der Waals surface area (Å²) in [7, 11) is 1.80. The fraction of sp³-hybridized carbons (Fsp3) is 0.588. The maximum absolute atomic E-state index is 13.3. The summed E-state index contributed by atoms with van der Waals surface area (Å²) < 4.78 is 13.3. The fourth-order valence-electron chi connectivity index (χ4n) is 2.88. The molecular weight excluding hydrogens is 283 g/mol. The van der Waals surface area contributed by atoms with Gasteiger partial charge in [-0.2, -0.15) is 0 Å². The Morgan fingerprint density at radius 3 is 2.73 bits per heavy atom. The minimum atomic E-state index is -0.293. The monoisotopic (exact) mass is 308 g/mol. The summed E-state index contributed by atoms with van der Waals surface area (Å²) in [5, 5.41) is 9.39. The minimum absolute atomic E-state index is 0.0809. The molecule has 0 spiro atoms. The molecule has 0 aromatic heterocycles. The van der Waals surface area contributed by atoms with Crippen molar-refractivity contribution < 1.29 is 14.3 Å². The molecule has 0 saturated carbocycles. The van der Waals surface area contributed by atoms with E-state index in [0.717, 1.165) is 19.4 Å². The zero-order valence-corrected chi connectivity index (χ0v) is 13.6. The third kappa shape index (κ3) is 3.84. The lowest BCUT2D eigenvalue weighted by Gasteiger charge is -2.40. The normalized spacial score (nSPS) is 17.1. The molecule has 1 heterocycles. The van der Waals surface area contributed by atoms with Gasteiger partial charge in [0.25, 0.3) is 5.91 Å². The van der Waals surface area contributed by atoms with Gasteiger partial charge < -0.3 is 10.0 Å². The number of aliphatic hydroxyl groups excluding tert-OH is 1. The molecule has 1 aliphatic heterocycles. The Morgan fingerprint density at radius 2 is 2.18 bits per heavy atom. The molecule has 2 rings (SSSR count). The Hall–Kier alpha value is -1.46. The van der Waals surface area contributed by atoms with Gasteiger partial charge in [-0.15, -0.1) is 0 Å². The predicted molar refractivity (Wildman–Crippen MR) is 84.4 cm³/mol. The molecule has 0 unspecified atom stereocenters. The molecule has 0 aliphatic carbocycles. The van der Waals surface area contributed by atoms with Crippen LogP contribution in [0.5, 0.6) is 0 Å². The molecule has 5 heteroatoms. The first-order valence-corrected chi connectivity index (χ1v) is 7.86. The van der Waals surface area contributed by atoms with Crippen LogP contribution in [-0.2, 0) is 0 Å². The van der Waals surface area contributed by atoms with Crippen molar-refractivity contribution in [1.82, 2.24) is 9.80 Å². The Morgan fingerprint density at radius 1 is 1.50 bits per heavy atom. The lowest BCUT2D eigenvalue weighted by molar-refractivity contribution is -0.0113. The molecule has 0 bridgehead atoms. The van der Waals surface area contributed by atoms with Gasteiger partial charge in [0, 0.05) is 38.3 Å². The standard InChI is InChI=1S/C17H25FN2O2/c1-4-5-14(9-20-10-15(21)11-20)19(3)17(22)13-6-7-16(18)12(2)8-13/h6-8,14-15,21H,4-5,9-11H2,1-3H3/t14-/m0/s1. The van der Waals surface area contributed by atoms with Crippen LogP contribution in [0, 0.1) is 12.7 Å². The lowest BCUT2D eigenvalue weighted by Crippen LogP contribution is -2.55. The zero-order chi connectivity index (χ0) is 16.3.